The van der Waals surface area contributed by atoms with Crippen molar-refractivity contribution in [3.63, 3.8) is 0 Å². The van der Waals surface area contributed by atoms with Crippen LogP contribution in [0, 0.1) is 0 Å². The number of methoxy groups -OCH3 is 4. The fraction of sp³-hybridized carbons (Fsp3) is 0.348. The van der Waals surface area contributed by atoms with Gasteiger partial charge in [-0.1, -0.05) is 0 Å². The van der Waals surface area contributed by atoms with Crippen molar-refractivity contribution >= 4 is 20.9 Å². The monoisotopic (exact) mass is 461 g/mol. The highest BCUT2D eigenvalue weighted by Gasteiger charge is 2.25. The van der Waals surface area contributed by atoms with Crippen molar-refractivity contribution in [2.45, 2.75) is 19.4 Å². The smallest absolute Gasteiger partial charge is 0.213 e. The number of hydrogen-bond donors (Lipinski definition) is 0. The van der Waals surface area contributed by atoms with Crippen molar-refractivity contribution in [2.75, 3.05) is 34.7 Å². The van der Waals surface area contributed by atoms with Crippen LogP contribution in [-0.4, -0.2) is 47.7 Å². The van der Waals surface area contributed by atoms with E-state index in [1.165, 1.54) is 16.8 Å². The van der Waals surface area contributed by atoms with E-state index >= 15 is 0 Å². The summed E-state index contributed by atoms with van der Waals surface area (Å²) in [6.45, 7) is 0.935. The number of fused-ring (bicyclic) bond motifs is 4. The molecular weight excluding hydrogens is 434 g/mol. The third-order valence-electron chi connectivity index (χ3n) is 5.23. The van der Waals surface area contributed by atoms with Crippen LogP contribution in [0.2, 0.25) is 0 Å². The lowest BCUT2D eigenvalue weighted by molar-refractivity contribution is -0.684. The predicted molar refractivity (Wildman–Crippen MR) is 120 cm³/mol. The lowest BCUT2D eigenvalue weighted by Gasteiger charge is -2.13. The molecule has 32 heavy (non-hydrogen) atoms. The molecule has 0 saturated carbocycles. The van der Waals surface area contributed by atoms with Gasteiger partial charge in [0.15, 0.2) is 29.2 Å². The second kappa shape index (κ2) is 9.62. The van der Waals surface area contributed by atoms with Gasteiger partial charge in [0.05, 0.1) is 49.5 Å². The van der Waals surface area contributed by atoms with E-state index in [2.05, 4.69) is 35.0 Å². The van der Waals surface area contributed by atoms with Crippen molar-refractivity contribution in [2.24, 2.45) is 0 Å². The highest BCUT2D eigenvalue weighted by atomic mass is 32.2. The summed E-state index contributed by atoms with van der Waals surface area (Å²) in [5, 5.41) is 2.16. The van der Waals surface area contributed by atoms with E-state index in [0.717, 1.165) is 53.2 Å². The maximum Gasteiger partial charge on any atom is 0.213 e. The van der Waals surface area contributed by atoms with E-state index in [0.29, 0.717) is 6.26 Å². The Hall–Kier alpha value is -3.04. The Bertz CT molecular complexity index is 1230. The van der Waals surface area contributed by atoms with Gasteiger partial charge < -0.3 is 23.5 Å². The van der Waals surface area contributed by atoms with Crippen LogP contribution in [0.25, 0.3) is 22.0 Å². The number of rotatable bonds is 4. The molecule has 0 aliphatic carbocycles. The third-order valence-corrected chi connectivity index (χ3v) is 5.23. The molecular formula is C23H27NO7S. The number of ether oxygens (including phenoxy) is 4. The Morgan fingerprint density at radius 2 is 1.53 bits per heavy atom. The average molecular weight is 462 g/mol. The molecule has 0 radical (unpaired) electrons. The second-order valence-corrected chi connectivity index (χ2v) is 8.74. The van der Waals surface area contributed by atoms with Crippen LogP contribution in [-0.2, 0) is 23.1 Å². The SMILES string of the molecule is COc1cc2c(cc1OC)-c1cc3ccc(OC)c(OC)c3c[n+]1CCC2.CS(=O)(=O)[O-]. The zero-order chi connectivity index (χ0) is 23.5. The van der Waals surface area contributed by atoms with Crippen molar-refractivity contribution in [3.8, 4) is 34.3 Å². The summed E-state index contributed by atoms with van der Waals surface area (Å²) in [6.07, 6.45) is 4.82. The van der Waals surface area contributed by atoms with Crippen molar-refractivity contribution in [3.05, 3.63) is 42.1 Å². The first-order valence-electron chi connectivity index (χ1n) is 9.94. The quantitative estimate of drug-likeness (QED) is 0.435. The van der Waals surface area contributed by atoms with E-state index < -0.39 is 10.1 Å². The van der Waals surface area contributed by atoms with Gasteiger partial charge in [-0.3, -0.25) is 0 Å². The van der Waals surface area contributed by atoms with Gasteiger partial charge in [0.25, 0.3) is 0 Å². The number of benzene rings is 2. The molecule has 2 aromatic carbocycles. The first-order valence-corrected chi connectivity index (χ1v) is 11.8. The predicted octanol–water partition coefficient (Wildman–Crippen LogP) is 2.94. The van der Waals surface area contributed by atoms with Crippen molar-refractivity contribution in [1.82, 2.24) is 0 Å². The van der Waals surface area contributed by atoms with E-state index in [9.17, 15) is 0 Å². The first kappa shape index (κ1) is 23.6. The molecule has 0 N–H and O–H groups in total. The van der Waals surface area contributed by atoms with Gasteiger partial charge in [0.1, 0.15) is 6.54 Å². The maximum atomic E-state index is 9.08. The van der Waals surface area contributed by atoms with E-state index in [1.54, 1.807) is 28.4 Å². The summed E-state index contributed by atoms with van der Waals surface area (Å²) >= 11 is 0. The normalized spacial score (nSPS) is 12.6. The Morgan fingerprint density at radius 1 is 0.906 bits per heavy atom. The van der Waals surface area contributed by atoms with Gasteiger partial charge in [0.2, 0.25) is 5.69 Å². The second-order valence-electron chi connectivity index (χ2n) is 7.33. The molecule has 172 valence electrons. The Labute approximate surface area is 188 Å². The maximum absolute atomic E-state index is 9.08. The summed E-state index contributed by atoms with van der Waals surface area (Å²) in [6, 6.07) is 10.4. The van der Waals surface area contributed by atoms with Crippen LogP contribution >= 0.6 is 0 Å². The highest BCUT2D eigenvalue weighted by Crippen LogP contribution is 2.39. The Kier molecular flexibility index (Phi) is 7.10. The summed E-state index contributed by atoms with van der Waals surface area (Å²) in [4.78, 5) is 0. The van der Waals surface area contributed by atoms with Gasteiger partial charge >= 0.3 is 0 Å². The molecule has 0 atom stereocenters. The Balaban J connectivity index is 0.000000523. The minimum atomic E-state index is -3.92. The molecule has 0 fully saturated rings. The van der Waals surface area contributed by atoms with Gasteiger partial charge in [0, 0.05) is 18.7 Å². The van der Waals surface area contributed by atoms with Crippen molar-refractivity contribution < 1.29 is 36.5 Å². The lowest BCUT2D eigenvalue weighted by Crippen LogP contribution is -2.35. The van der Waals surface area contributed by atoms with E-state index in [4.69, 9.17) is 31.9 Å². The number of aromatic nitrogens is 1. The molecule has 8 nitrogen and oxygen atoms in total. The topological polar surface area (TPSA) is 98.0 Å². The highest BCUT2D eigenvalue weighted by molar-refractivity contribution is 7.84. The zero-order valence-corrected chi connectivity index (χ0v) is 19.6. The average Bonchev–Trinajstić information content (AvgIpc) is 2.92. The van der Waals surface area contributed by atoms with Crippen LogP contribution < -0.4 is 23.5 Å². The van der Waals surface area contributed by atoms with Gasteiger partial charge in [-0.15, -0.1) is 0 Å². The number of aryl methyl sites for hydroxylation is 2. The summed E-state index contributed by atoms with van der Waals surface area (Å²) in [7, 11) is 2.78. The van der Waals surface area contributed by atoms with Crippen molar-refractivity contribution in [1.29, 1.82) is 0 Å². The van der Waals surface area contributed by atoms with Crippen LogP contribution in [0.15, 0.2) is 36.5 Å². The van der Waals surface area contributed by atoms with E-state index in [1.807, 2.05) is 6.07 Å². The molecule has 1 aromatic heterocycles. The van der Waals surface area contributed by atoms with Gasteiger partial charge in [-0.05, 0) is 41.6 Å². The van der Waals surface area contributed by atoms with Gasteiger partial charge in [-0.25, -0.2) is 8.42 Å². The Morgan fingerprint density at radius 3 is 2.12 bits per heavy atom. The molecule has 0 amide bonds. The van der Waals surface area contributed by atoms with Crippen LogP contribution in [0.5, 0.6) is 23.0 Å². The summed E-state index contributed by atoms with van der Waals surface area (Å²) in [5.74, 6) is 3.03. The fourth-order valence-electron chi connectivity index (χ4n) is 3.90. The zero-order valence-electron chi connectivity index (χ0n) is 18.8. The van der Waals surface area contributed by atoms with Crippen LogP contribution in [0.1, 0.15) is 12.0 Å². The molecule has 3 aromatic rings. The minimum absolute atomic E-state index is 0.604. The molecule has 1 aliphatic rings. The molecule has 4 rings (SSSR count). The largest absolute Gasteiger partial charge is 0.748 e. The number of hydrogen-bond acceptors (Lipinski definition) is 7. The molecule has 1 aliphatic heterocycles. The first-order chi connectivity index (χ1) is 15.2. The van der Waals surface area contributed by atoms with E-state index in [-0.39, 0.29) is 0 Å². The molecule has 9 heteroatoms. The molecule has 0 saturated heterocycles. The minimum Gasteiger partial charge on any atom is -0.748 e. The standard InChI is InChI=1S/C22H24NO4.CH4O3S/c1-24-19-8-7-15-10-18-16-12-21(26-3)20(25-2)11-14(16)6-5-9-23(18)13-17(15)22(19)27-4;1-5(2,3)4/h7-8,10-13H,5-6,9H2,1-4H3;1H3,(H,2,3,4)/q+1;/p-1. The summed E-state index contributed by atoms with van der Waals surface area (Å²) < 4.78 is 51.7. The van der Waals surface area contributed by atoms with Crippen LogP contribution in [0.3, 0.4) is 0 Å². The number of nitrogens with zero attached hydrogens (tertiary/aromatic N) is 1. The molecule has 0 spiro atoms. The molecule has 0 unspecified atom stereocenters. The van der Waals surface area contributed by atoms with Gasteiger partial charge in [-0.2, -0.15) is 4.57 Å². The molecule has 0 bridgehead atoms. The number of pyridine rings is 1. The molecule has 2 heterocycles. The fourth-order valence-corrected chi connectivity index (χ4v) is 3.90. The third kappa shape index (κ3) is 5.05. The summed E-state index contributed by atoms with van der Waals surface area (Å²) in [5.41, 5.74) is 3.63. The lowest BCUT2D eigenvalue weighted by atomic mass is 9.99. The van der Waals surface area contributed by atoms with Crippen LogP contribution in [0.4, 0.5) is 0 Å².